The van der Waals surface area contributed by atoms with Crippen LogP contribution in [0.2, 0.25) is 0 Å². The fourth-order valence-corrected chi connectivity index (χ4v) is 1.81. The van der Waals surface area contributed by atoms with Crippen LogP contribution in [0.25, 0.3) is 0 Å². The van der Waals surface area contributed by atoms with Gasteiger partial charge in [0.2, 0.25) is 0 Å². The summed E-state index contributed by atoms with van der Waals surface area (Å²) in [7, 11) is 0. The molecule has 0 saturated heterocycles. The average Bonchev–Trinajstić information content (AvgIpc) is 3.14. The Morgan fingerprint density at radius 3 is 2.05 bits per heavy atom. The molecule has 112 valence electrons. The molecule has 0 unspecified atom stereocenters. The van der Waals surface area contributed by atoms with Gasteiger partial charge < -0.3 is 20.8 Å². The molecule has 0 atom stereocenters. The van der Waals surface area contributed by atoms with Gasteiger partial charge in [0, 0.05) is 12.2 Å². The van der Waals surface area contributed by atoms with E-state index in [1.54, 1.807) is 0 Å². The molecule has 0 radical (unpaired) electrons. The van der Waals surface area contributed by atoms with Crippen LogP contribution in [0.15, 0.2) is 18.2 Å². The number of amides is 2. The van der Waals surface area contributed by atoms with Gasteiger partial charge in [0.15, 0.2) is 0 Å². The number of rotatable bonds is 5. The summed E-state index contributed by atoms with van der Waals surface area (Å²) in [6.45, 7) is 2.59. The van der Waals surface area contributed by atoms with E-state index in [4.69, 9.17) is 10.2 Å². The zero-order chi connectivity index (χ0) is 15.6. The highest BCUT2D eigenvalue weighted by Crippen LogP contribution is 2.43. The molecule has 1 aromatic rings. The second kappa shape index (κ2) is 5.43. The molecule has 7 heteroatoms. The highest BCUT2D eigenvalue weighted by molar-refractivity contribution is 5.98. The molecule has 0 heterocycles. The Morgan fingerprint density at radius 1 is 1.10 bits per heavy atom. The molecule has 0 aliphatic heterocycles. The first kappa shape index (κ1) is 14.8. The Hall–Kier alpha value is -2.57. The number of aromatic carboxylic acids is 2. The van der Waals surface area contributed by atoms with Crippen LogP contribution in [0.4, 0.5) is 10.5 Å². The summed E-state index contributed by atoms with van der Waals surface area (Å²) >= 11 is 0. The maximum absolute atomic E-state index is 11.7. The van der Waals surface area contributed by atoms with Crippen LogP contribution in [0.5, 0.6) is 0 Å². The summed E-state index contributed by atoms with van der Waals surface area (Å²) in [6, 6.07) is 2.99. The number of carbonyl (C=O) groups is 3. The van der Waals surface area contributed by atoms with Crippen LogP contribution < -0.4 is 10.6 Å². The molecule has 2 amide bonds. The van der Waals surface area contributed by atoms with E-state index in [1.807, 2.05) is 0 Å². The molecule has 0 aromatic heterocycles. The molecule has 1 fully saturated rings. The predicted molar refractivity (Wildman–Crippen MR) is 74.7 cm³/mol. The minimum atomic E-state index is -1.26. The summed E-state index contributed by atoms with van der Waals surface area (Å²) in [4.78, 5) is 33.6. The van der Waals surface area contributed by atoms with E-state index in [0.717, 1.165) is 18.9 Å². The highest BCUT2D eigenvalue weighted by Gasteiger charge is 2.37. The molecular formula is C14H16N2O5. The third kappa shape index (κ3) is 3.95. The maximum atomic E-state index is 11.7. The van der Waals surface area contributed by atoms with Crippen LogP contribution in [-0.2, 0) is 0 Å². The molecule has 0 spiro atoms. The van der Waals surface area contributed by atoms with Gasteiger partial charge in [0.1, 0.15) is 0 Å². The number of benzene rings is 1. The SMILES string of the molecule is CC1(CNC(=O)Nc2cc(C(=O)O)cc(C(=O)O)c2)CC1. The van der Waals surface area contributed by atoms with Gasteiger partial charge in [-0.25, -0.2) is 14.4 Å². The van der Waals surface area contributed by atoms with Crippen LogP contribution in [0.1, 0.15) is 40.5 Å². The van der Waals surface area contributed by atoms with Crippen molar-refractivity contribution in [2.75, 3.05) is 11.9 Å². The topological polar surface area (TPSA) is 116 Å². The number of carbonyl (C=O) groups excluding carboxylic acids is 1. The summed E-state index contributed by atoms with van der Waals surface area (Å²) in [5.41, 5.74) is -0.114. The number of anilines is 1. The van der Waals surface area contributed by atoms with E-state index in [0.29, 0.717) is 6.54 Å². The van der Waals surface area contributed by atoms with Crippen LogP contribution in [0, 0.1) is 5.41 Å². The van der Waals surface area contributed by atoms with Gasteiger partial charge in [-0.1, -0.05) is 6.92 Å². The van der Waals surface area contributed by atoms with Crippen molar-refractivity contribution in [3.05, 3.63) is 29.3 Å². The molecule has 0 bridgehead atoms. The van der Waals surface area contributed by atoms with Crippen LogP contribution >= 0.6 is 0 Å². The van der Waals surface area contributed by atoms with Gasteiger partial charge in [-0.2, -0.15) is 0 Å². The largest absolute Gasteiger partial charge is 0.478 e. The number of urea groups is 1. The fourth-order valence-electron chi connectivity index (χ4n) is 1.81. The number of hydrogen-bond acceptors (Lipinski definition) is 3. The van der Waals surface area contributed by atoms with Gasteiger partial charge in [0.05, 0.1) is 11.1 Å². The summed E-state index contributed by atoms with van der Waals surface area (Å²) in [6.07, 6.45) is 2.12. The first-order chi connectivity index (χ1) is 9.79. The van der Waals surface area contributed by atoms with E-state index in [1.165, 1.54) is 12.1 Å². The molecule has 1 aliphatic rings. The quantitative estimate of drug-likeness (QED) is 0.662. The average molecular weight is 292 g/mol. The molecule has 2 rings (SSSR count). The Balaban J connectivity index is 2.08. The monoisotopic (exact) mass is 292 g/mol. The van der Waals surface area contributed by atoms with Crippen molar-refractivity contribution in [1.82, 2.24) is 5.32 Å². The molecule has 1 aliphatic carbocycles. The van der Waals surface area contributed by atoms with Gasteiger partial charge in [-0.05, 0) is 36.5 Å². The third-order valence-electron chi connectivity index (χ3n) is 3.46. The minimum Gasteiger partial charge on any atom is -0.478 e. The van der Waals surface area contributed by atoms with Crippen LogP contribution in [-0.4, -0.2) is 34.7 Å². The molecule has 1 saturated carbocycles. The number of nitrogens with one attached hydrogen (secondary N) is 2. The van der Waals surface area contributed by atoms with E-state index in [2.05, 4.69) is 17.6 Å². The Bertz CT molecular complexity index is 575. The zero-order valence-corrected chi connectivity index (χ0v) is 11.5. The normalized spacial score (nSPS) is 15.1. The van der Waals surface area contributed by atoms with Crippen molar-refractivity contribution < 1.29 is 24.6 Å². The minimum absolute atomic E-state index is 0.130. The lowest BCUT2D eigenvalue weighted by atomic mass is 10.1. The third-order valence-corrected chi connectivity index (χ3v) is 3.46. The number of hydrogen-bond donors (Lipinski definition) is 4. The van der Waals surface area contributed by atoms with Crippen molar-refractivity contribution in [3.8, 4) is 0 Å². The van der Waals surface area contributed by atoms with E-state index in [-0.39, 0.29) is 22.2 Å². The van der Waals surface area contributed by atoms with Crippen molar-refractivity contribution in [3.63, 3.8) is 0 Å². The summed E-state index contributed by atoms with van der Waals surface area (Å²) in [5, 5.41) is 23.0. The standard InChI is InChI=1S/C14H16N2O5/c1-14(2-3-14)7-15-13(21)16-10-5-8(11(17)18)4-9(6-10)12(19)20/h4-6H,2-3,7H2,1H3,(H,17,18)(H,19,20)(H2,15,16,21). The molecule has 7 nitrogen and oxygen atoms in total. The second-order valence-electron chi connectivity index (χ2n) is 5.53. The molecular weight excluding hydrogens is 276 g/mol. The smallest absolute Gasteiger partial charge is 0.335 e. The van der Waals surface area contributed by atoms with Crippen molar-refractivity contribution >= 4 is 23.7 Å². The van der Waals surface area contributed by atoms with Gasteiger partial charge in [-0.15, -0.1) is 0 Å². The van der Waals surface area contributed by atoms with Gasteiger partial charge in [0.25, 0.3) is 0 Å². The maximum Gasteiger partial charge on any atom is 0.335 e. The van der Waals surface area contributed by atoms with Gasteiger partial charge in [-0.3, -0.25) is 0 Å². The summed E-state index contributed by atoms with van der Waals surface area (Å²) in [5.74, 6) is -2.51. The lowest BCUT2D eigenvalue weighted by Crippen LogP contribution is -2.33. The number of carboxylic acid groups (broad SMARTS) is 2. The predicted octanol–water partition coefficient (Wildman–Crippen LogP) is 2.00. The highest BCUT2D eigenvalue weighted by atomic mass is 16.4. The first-order valence-electron chi connectivity index (χ1n) is 6.46. The first-order valence-corrected chi connectivity index (χ1v) is 6.46. The van der Waals surface area contributed by atoms with E-state index in [9.17, 15) is 14.4 Å². The van der Waals surface area contributed by atoms with E-state index >= 15 is 0 Å². The summed E-state index contributed by atoms with van der Waals surface area (Å²) < 4.78 is 0. The van der Waals surface area contributed by atoms with E-state index < -0.39 is 18.0 Å². The number of carboxylic acids is 2. The Morgan fingerprint density at radius 2 is 1.62 bits per heavy atom. The van der Waals surface area contributed by atoms with Crippen LogP contribution in [0.3, 0.4) is 0 Å². The second-order valence-corrected chi connectivity index (χ2v) is 5.53. The lowest BCUT2D eigenvalue weighted by Gasteiger charge is -2.12. The lowest BCUT2D eigenvalue weighted by molar-refractivity contribution is 0.0696. The molecule has 4 N–H and O–H groups in total. The van der Waals surface area contributed by atoms with Crippen molar-refractivity contribution in [1.29, 1.82) is 0 Å². The Kier molecular flexibility index (Phi) is 3.84. The molecule has 21 heavy (non-hydrogen) atoms. The van der Waals surface area contributed by atoms with Crippen molar-refractivity contribution in [2.45, 2.75) is 19.8 Å². The van der Waals surface area contributed by atoms with Crippen molar-refractivity contribution in [2.24, 2.45) is 5.41 Å². The van der Waals surface area contributed by atoms with Gasteiger partial charge >= 0.3 is 18.0 Å². The zero-order valence-electron chi connectivity index (χ0n) is 11.5. The Labute approximate surface area is 121 Å². The fraction of sp³-hybridized carbons (Fsp3) is 0.357. The molecule has 1 aromatic carbocycles.